The summed E-state index contributed by atoms with van der Waals surface area (Å²) in [6.07, 6.45) is 1.75. The number of halogens is 3. The maximum absolute atomic E-state index is 12.5. The second-order valence-corrected chi connectivity index (χ2v) is 6.72. The van der Waals surface area contributed by atoms with Crippen molar-refractivity contribution in [1.82, 2.24) is 4.90 Å². The van der Waals surface area contributed by atoms with Gasteiger partial charge in [0.05, 0.1) is 17.7 Å². The van der Waals surface area contributed by atoms with E-state index in [9.17, 15) is 13.9 Å². The fourth-order valence-corrected chi connectivity index (χ4v) is 3.54. The van der Waals surface area contributed by atoms with E-state index in [1.54, 1.807) is 12.1 Å². The maximum Gasteiger partial charge on any atom is 0.387 e. The number of aliphatic hydroxyl groups is 1. The van der Waals surface area contributed by atoms with E-state index in [4.69, 9.17) is 4.74 Å². The fourth-order valence-electron chi connectivity index (χ4n) is 2.95. The number of hydrogen-bond acceptors (Lipinski definition) is 4. The molecular formula is C16H22BrF2NO3. The Morgan fingerprint density at radius 2 is 2.17 bits per heavy atom. The highest BCUT2D eigenvalue weighted by Gasteiger charge is 2.24. The van der Waals surface area contributed by atoms with Gasteiger partial charge in [-0.15, -0.1) is 0 Å². The van der Waals surface area contributed by atoms with Gasteiger partial charge in [-0.25, -0.2) is 0 Å². The van der Waals surface area contributed by atoms with Crippen LogP contribution in [0, 0.1) is 5.92 Å². The van der Waals surface area contributed by atoms with Gasteiger partial charge in [0, 0.05) is 13.1 Å². The minimum atomic E-state index is -2.90. The minimum Gasteiger partial charge on any atom is -0.493 e. The molecule has 0 amide bonds. The van der Waals surface area contributed by atoms with E-state index in [-0.39, 0.29) is 23.5 Å². The summed E-state index contributed by atoms with van der Waals surface area (Å²) in [6.45, 7) is 1.38. The number of nitrogens with zero attached hydrogens (tertiary/aromatic N) is 1. The van der Waals surface area contributed by atoms with Crippen LogP contribution in [0.5, 0.6) is 11.5 Å². The van der Waals surface area contributed by atoms with Crippen molar-refractivity contribution >= 4 is 15.9 Å². The number of likely N-dealkylation sites (tertiary alicyclic amines) is 1. The predicted octanol–water partition coefficient (Wildman–Crippen LogP) is 3.65. The molecule has 0 spiro atoms. The number of aliphatic hydroxyl groups excluding tert-OH is 1. The van der Waals surface area contributed by atoms with Crippen LogP contribution in [-0.2, 0) is 6.54 Å². The number of piperidine rings is 1. The molecule has 0 radical (unpaired) electrons. The molecule has 1 fully saturated rings. The maximum atomic E-state index is 12.5. The van der Waals surface area contributed by atoms with Crippen LogP contribution in [0.25, 0.3) is 0 Å². The Labute approximate surface area is 143 Å². The van der Waals surface area contributed by atoms with Gasteiger partial charge in [0.25, 0.3) is 0 Å². The number of alkyl halides is 2. The molecule has 130 valence electrons. The van der Waals surface area contributed by atoms with E-state index < -0.39 is 6.61 Å². The van der Waals surface area contributed by atoms with Gasteiger partial charge in [0.1, 0.15) is 0 Å². The fraction of sp³-hybridized carbons (Fsp3) is 0.625. The molecule has 0 unspecified atom stereocenters. The van der Waals surface area contributed by atoms with Crippen LogP contribution >= 0.6 is 15.9 Å². The topological polar surface area (TPSA) is 41.9 Å². The Morgan fingerprint density at radius 1 is 1.43 bits per heavy atom. The Bertz CT molecular complexity index is 528. The van der Waals surface area contributed by atoms with Gasteiger partial charge in [-0.1, -0.05) is 0 Å². The molecule has 1 N–H and O–H groups in total. The van der Waals surface area contributed by atoms with E-state index in [0.717, 1.165) is 31.5 Å². The molecule has 23 heavy (non-hydrogen) atoms. The summed E-state index contributed by atoms with van der Waals surface area (Å²) in [4.78, 5) is 2.26. The van der Waals surface area contributed by atoms with Crippen molar-refractivity contribution in [2.45, 2.75) is 39.0 Å². The first-order chi connectivity index (χ1) is 10.9. The van der Waals surface area contributed by atoms with Crippen molar-refractivity contribution in [3.63, 3.8) is 0 Å². The van der Waals surface area contributed by atoms with Gasteiger partial charge in [-0.2, -0.15) is 8.78 Å². The zero-order valence-electron chi connectivity index (χ0n) is 13.3. The average molecular weight is 394 g/mol. The summed E-state index contributed by atoms with van der Waals surface area (Å²) in [7, 11) is 1.42. The van der Waals surface area contributed by atoms with Crippen LogP contribution in [0.4, 0.5) is 8.78 Å². The normalized spacial score (nSPS) is 20.6. The van der Waals surface area contributed by atoms with Crippen LogP contribution in [0.3, 0.4) is 0 Å². The highest BCUT2D eigenvalue weighted by Crippen LogP contribution is 2.38. The van der Waals surface area contributed by atoms with Crippen LogP contribution in [0.15, 0.2) is 16.6 Å². The standard InChI is InChI=1S/C16H22BrF2NO3/c1-10(21)12-4-3-5-20(9-12)8-11-6-13(17)15(23-16(18)19)14(7-11)22-2/h6-7,10,12,16,21H,3-5,8-9H2,1-2H3/t10-,12+/m1/s1. The van der Waals surface area contributed by atoms with E-state index in [2.05, 4.69) is 25.6 Å². The zero-order chi connectivity index (χ0) is 17.0. The number of hydrogen-bond donors (Lipinski definition) is 1. The average Bonchev–Trinajstić information content (AvgIpc) is 2.49. The summed E-state index contributed by atoms with van der Waals surface area (Å²) in [6, 6.07) is 3.49. The van der Waals surface area contributed by atoms with Crippen molar-refractivity contribution in [2.75, 3.05) is 20.2 Å². The Balaban J connectivity index is 2.12. The molecular weight excluding hydrogens is 372 g/mol. The summed E-state index contributed by atoms with van der Waals surface area (Å²) in [5, 5.41) is 9.77. The van der Waals surface area contributed by atoms with E-state index in [1.807, 2.05) is 6.92 Å². The van der Waals surface area contributed by atoms with E-state index in [0.29, 0.717) is 11.0 Å². The first kappa shape index (κ1) is 18.4. The van der Waals surface area contributed by atoms with Crippen molar-refractivity contribution in [2.24, 2.45) is 5.92 Å². The third kappa shape index (κ3) is 5.02. The summed E-state index contributed by atoms with van der Waals surface area (Å²) >= 11 is 3.27. The highest BCUT2D eigenvalue weighted by molar-refractivity contribution is 9.10. The molecule has 2 rings (SSSR count). The molecule has 1 aliphatic heterocycles. The van der Waals surface area contributed by atoms with Crippen LogP contribution < -0.4 is 9.47 Å². The summed E-state index contributed by atoms with van der Waals surface area (Å²) in [5.41, 5.74) is 0.946. The lowest BCUT2D eigenvalue weighted by molar-refractivity contribution is -0.0517. The lowest BCUT2D eigenvalue weighted by Crippen LogP contribution is -2.39. The van der Waals surface area contributed by atoms with Crippen LogP contribution in [-0.4, -0.2) is 42.9 Å². The molecule has 1 aromatic rings. The Kier molecular flexibility index (Phi) is 6.61. The first-order valence-corrected chi connectivity index (χ1v) is 8.41. The number of methoxy groups -OCH3 is 1. The molecule has 4 nitrogen and oxygen atoms in total. The highest BCUT2D eigenvalue weighted by atomic mass is 79.9. The monoisotopic (exact) mass is 393 g/mol. The Morgan fingerprint density at radius 3 is 2.78 bits per heavy atom. The molecule has 1 aliphatic rings. The number of ether oxygens (including phenoxy) is 2. The van der Waals surface area contributed by atoms with Gasteiger partial charge in [0.2, 0.25) is 0 Å². The van der Waals surface area contributed by atoms with E-state index in [1.165, 1.54) is 7.11 Å². The molecule has 0 bridgehead atoms. The second-order valence-electron chi connectivity index (χ2n) is 5.87. The number of benzene rings is 1. The second kappa shape index (κ2) is 8.26. The molecule has 1 saturated heterocycles. The first-order valence-electron chi connectivity index (χ1n) is 7.62. The molecule has 2 atom stereocenters. The lowest BCUT2D eigenvalue weighted by atomic mass is 9.93. The van der Waals surface area contributed by atoms with Gasteiger partial charge in [0.15, 0.2) is 11.5 Å². The quantitative estimate of drug-likeness (QED) is 0.800. The van der Waals surface area contributed by atoms with Crippen molar-refractivity contribution < 1.29 is 23.4 Å². The molecule has 1 aromatic carbocycles. The summed E-state index contributed by atoms with van der Waals surface area (Å²) in [5.74, 6) is 0.557. The smallest absolute Gasteiger partial charge is 0.387 e. The third-order valence-electron chi connectivity index (χ3n) is 4.13. The zero-order valence-corrected chi connectivity index (χ0v) is 14.9. The van der Waals surface area contributed by atoms with Crippen LogP contribution in [0.2, 0.25) is 0 Å². The largest absolute Gasteiger partial charge is 0.493 e. The minimum absolute atomic E-state index is 0.00625. The van der Waals surface area contributed by atoms with Gasteiger partial charge in [-0.3, -0.25) is 4.90 Å². The van der Waals surface area contributed by atoms with Gasteiger partial charge in [-0.05, 0) is 65.9 Å². The van der Waals surface area contributed by atoms with Crippen molar-refractivity contribution in [3.8, 4) is 11.5 Å². The molecule has 0 aliphatic carbocycles. The molecule has 7 heteroatoms. The van der Waals surface area contributed by atoms with Crippen LogP contribution in [0.1, 0.15) is 25.3 Å². The number of rotatable bonds is 6. The molecule has 1 heterocycles. The third-order valence-corrected chi connectivity index (χ3v) is 4.72. The van der Waals surface area contributed by atoms with Crippen molar-refractivity contribution in [1.29, 1.82) is 0 Å². The Hall–Kier alpha value is -0.920. The van der Waals surface area contributed by atoms with Gasteiger partial charge < -0.3 is 14.6 Å². The lowest BCUT2D eigenvalue weighted by Gasteiger charge is -2.34. The summed E-state index contributed by atoms with van der Waals surface area (Å²) < 4.78 is 35.1. The molecule has 0 saturated carbocycles. The molecule has 0 aromatic heterocycles. The SMILES string of the molecule is COc1cc(CN2CCC[C@H]([C@@H](C)O)C2)cc(Br)c1OC(F)F. The predicted molar refractivity (Wildman–Crippen MR) is 87.0 cm³/mol. The van der Waals surface area contributed by atoms with Gasteiger partial charge >= 0.3 is 6.61 Å². The van der Waals surface area contributed by atoms with Crippen molar-refractivity contribution in [3.05, 3.63) is 22.2 Å². The van der Waals surface area contributed by atoms with E-state index >= 15 is 0 Å².